The third-order valence-electron chi connectivity index (χ3n) is 3.44. The van der Waals surface area contributed by atoms with Crippen LogP contribution in [0.25, 0.3) is 0 Å². The molecule has 5 nitrogen and oxygen atoms in total. The van der Waals surface area contributed by atoms with Gasteiger partial charge in [0.2, 0.25) is 5.56 Å². The molecule has 2 rings (SSSR count). The van der Waals surface area contributed by atoms with Crippen molar-refractivity contribution < 1.29 is 9.90 Å². The summed E-state index contributed by atoms with van der Waals surface area (Å²) in [5.74, 6) is -0.188. The van der Waals surface area contributed by atoms with Crippen molar-refractivity contribution in [1.82, 2.24) is 9.88 Å². The topological polar surface area (TPSA) is 73.4 Å². The lowest BCUT2D eigenvalue weighted by atomic mass is 10.0. The predicted octanol–water partition coefficient (Wildman–Crippen LogP) is 0.752. The predicted molar refractivity (Wildman–Crippen MR) is 67.4 cm³/mol. The molecule has 0 aliphatic heterocycles. The third kappa shape index (κ3) is 2.79. The first-order valence-electron chi connectivity index (χ1n) is 6.17. The van der Waals surface area contributed by atoms with Crippen LogP contribution in [0.1, 0.15) is 36.0 Å². The van der Waals surface area contributed by atoms with Crippen LogP contribution in [0, 0.1) is 0 Å². The molecular weight excluding hydrogens is 232 g/mol. The summed E-state index contributed by atoms with van der Waals surface area (Å²) in [6.45, 7) is 0.338. The second kappa shape index (κ2) is 4.94. The molecule has 1 amide bonds. The van der Waals surface area contributed by atoms with E-state index in [1.54, 1.807) is 7.05 Å². The Bertz CT molecular complexity index is 469. The number of aromatic nitrogens is 1. The summed E-state index contributed by atoms with van der Waals surface area (Å²) < 4.78 is 0. The van der Waals surface area contributed by atoms with Gasteiger partial charge in [-0.05, 0) is 18.9 Å². The Labute approximate surface area is 105 Å². The van der Waals surface area contributed by atoms with Gasteiger partial charge < -0.3 is 15.0 Å². The van der Waals surface area contributed by atoms with Gasteiger partial charge in [-0.3, -0.25) is 9.59 Å². The van der Waals surface area contributed by atoms with E-state index in [0.29, 0.717) is 12.1 Å². The van der Waals surface area contributed by atoms with E-state index in [0.717, 1.165) is 25.7 Å². The van der Waals surface area contributed by atoms with Gasteiger partial charge in [-0.1, -0.05) is 12.8 Å². The van der Waals surface area contributed by atoms with Crippen LogP contribution < -0.4 is 5.56 Å². The highest BCUT2D eigenvalue weighted by atomic mass is 16.3. The van der Waals surface area contributed by atoms with Crippen LogP contribution in [0.4, 0.5) is 0 Å². The minimum Gasteiger partial charge on any atom is -0.388 e. The molecule has 1 fully saturated rings. The first kappa shape index (κ1) is 12.8. The molecule has 0 unspecified atom stereocenters. The van der Waals surface area contributed by atoms with Gasteiger partial charge in [0.1, 0.15) is 0 Å². The number of nitrogens with zero attached hydrogens (tertiary/aromatic N) is 1. The van der Waals surface area contributed by atoms with Crippen LogP contribution >= 0.6 is 0 Å². The molecule has 0 saturated heterocycles. The molecule has 2 N–H and O–H groups in total. The smallest absolute Gasteiger partial charge is 0.255 e. The van der Waals surface area contributed by atoms with E-state index >= 15 is 0 Å². The number of rotatable bonds is 3. The number of amides is 1. The van der Waals surface area contributed by atoms with Gasteiger partial charge in [0, 0.05) is 25.9 Å². The van der Waals surface area contributed by atoms with Crippen molar-refractivity contribution in [2.45, 2.75) is 31.3 Å². The number of pyridine rings is 1. The summed E-state index contributed by atoms with van der Waals surface area (Å²) in [6, 6.07) is 2.82. The maximum Gasteiger partial charge on any atom is 0.255 e. The minimum absolute atomic E-state index is 0.188. The highest BCUT2D eigenvalue weighted by Crippen LogP contribution is 2.30. The molecule has 0 aromatic carbocycles. The highest BCUT2D eigenvalue weighted by Gasteiger charge is 2.33. The summed E-state index contributed by atoms with van der Waals surface area (Å²) in [5, 5.41) is 10.2. The van der Waals surface area contributed by atoms with Gasteiger partial charge in [0.15, 0.2) is 0 Å². The molecular formula is C13H18N2O3. The zero-order chi connectivity index (χ0) is 13.2. The van der Waals surface area contributed by atoms with E-state index < -0.39 is 5.60 Å². The number of likely N-dealkylation sites (N-methyl/N-ethyl adjacent to an activating group) is 1. The van der Waals surface area contributed by atoms with E-state index in [-0.39, 0.29) is 11.5 Å². The van der Waals surface area contributed by atoms with Gasteiger partial charge in [0.05, 0.1) is 11.2 Å². The Balaban J connectivity index is 2.04. The highest BCUT2D eigenvalue weighted by molar-refractivity contribution is 5.93. The van der Waals surface area contributed by atoms with Crippen molar-refractivity contribution >= 4 is 5.91 Å². The van der Waals surface area contributed by atoms with Crippen molar-refractivity contribution in [3.05, 3.63) is 34.2 Å². The van der Waals surface area contributed by atoms with Crippen molar-refractivity contribution in [1.29, 1.82) is 0 Å². The number of aromatic amines is 1. The maximum absolute atomic E-state index is 12.1. The van der Waals surface area contributed by atoms with Crippen LogP contribution in [-0.2, 0) is 0 Å². The molecule has 98 valence electrons. The first-order chi connectivity index (χ1) is 8.50. The molecule has 0 atom stereocenters. The molecule has 18 heavy (non-hydrogen) atoms. The number of aliphatic hydroxyl groups is 1. The fraction of sp³-hybridized carbons (Fsp3) is 0.538. The number of nitrogens with one attached hydrogen (secondary N) is 1. The number of hydrogen-bond acceptors (Lipinski definition) is 3. The van der Waals surface area contributed by atoms with Gasteiger partial charge in [0.25, 0.3) is 5.91 Å². The fourth-order valence-corrected chi connectivity index (χ4v) is 2.47. The van der Waals surface area contributed by atoms with Crippen LogP contribution in [-0.4, -0.2) is 40.1 Å². The summed E-state index contributed by atoms with van der Waals surface area (Å²) in [6.07, 6.45) is 4.92. The van der Waals surface area contributed by atoms with Crippen LogP contribution in [0.15, 0.2) is 23.1 Å². The van der Waals surface area contributed by atoms with E-state index in [4.69, 9.17) is 0 Å². The number of H-pyrrole nitrogens is 1. The molecule has 1 saturated carbocycles. The molecule has 1 aliphatic rings. The van der Waals surface area contributed by atoms with Crippen molar-refractivity contribution in [2.75, 3.05) is 13.6 Å². The van der Waals surface area contributed by atoms with Gasteiger partial charge in [-0.25, -0.2) is 0 Å². The number of hydrogen-bond donors (Lipinski definition) is 2. The van der Waals surface area contributed by atoms with E-state index in [1.165, 1.54) is 23.2 Å². The first-order valence-corrected chi connectivity index (χ1v) is 6.17. The lowest BCUT2D eigenvalue weighted by Gasteiger charge is -2.28. The summed E-state index contributed by atoms with van der Waals surface area (Å²) in [7, 11) is 1.67. The average Bonchev–Trinajstić information content (AvgIpc) is 2.76. The van der Waals surface area contributed by atoms with Crippen molar-refractivity contribution in [2.24, 2.45) is 0 Å². The Kier molecular flexibility index (Phi) is 3.52. The quantitative estimate of drug-likeness (QED) is 0.831. The fourth-order valence-electron chi connectivity index (χ4n) is 2.47. The molecule has 0 bridgehead atoms. The van der Waals surface area contributed by atoms with Crippen molar-refractivity contribution in [3.63, 3.8) is 0 Å². The summed E-state index contributed by atoms with van der Waals surface area (Å²) >= 11 is 0. The Morgan fingerprint density at radius 2 is 2.11 bits per heavy atom. The average molecular weight is 250 g/mol. The number of carbonyl (C=O) groups is 1. The van der Waals surface area contributed by atoms with E-state index in [9.17, 15) is 14.7 Å². The van der Waals surface area contributed by atoms with Gasteiger partial charge in [-0.2, -0.15) is 0 Å². The second-order valence-electron chi connectivity index (χ2n) is 5.03. The summed E-state index contributed by atoms with van der Waals surface area (Å²) in [4.78, 5) is 27.0. The molecule has 1 aromatic rings. The Morgan fingerprint density at radius 1 is 1.44 bits per heavy atom. The lowest BCUT2D eigenvalue weighted by Crippen LogP contribution is -2.42. The zero-order valence-electron chi connectivity index (χ0n) is 10.5. The third-order valence-corrected chi connectivity index (χ3v) is 3.44. The molecule has 0 spiro atoms. The van der Waals surface area contributed by atoms with E-state index in [1.807, 2.05) is 0 Å². The molecule has 0 radical (unpaired) electrons. The summed E-state index contributed by atoms with van der Waals surface area (Å²) in [5.41, 5.74) is -0.547. The maximum atomic E-state index is 12.1. The lowest BCUT2D eigenvalue weighted by molar-refractivity contribution is 0.0156. The molecule has 5 heteroatoms. The zero-order valence-corrected chi connectivity index (χ0v) is 10.5. The van der Waals surface area contributed by atoms with Gasteiger partial charge >= 0.3 is 0 Å². The molecule has 1 aromatic heterocycles. The molecule has 1 heterocycles. The van der Waals surface area contributed by atoms with E-state index in [2.05, 4.69) is 4.98 Å². The number of carbonyl (C=O) groups excluding carboxylic acids is 1. The Hall–Kier alpha value is -1.62. The monoisotopic (exact) mass is 250 g/mol. The largest absolute Gasteiger partial charge is 0.388 e. The van der Waals surface area contributed by atoms with Crippen molar-refractivity contribution in [3.8, 4) is 0 Å². The second-order valence-corrected chi connectivity index (χ2v) is 5.03. The Morgan fingerprint density at radius 3 is 2.67 bits per heavy atom. The van der Waals surface area contributed by atoms with Crippen LogP contribution in [0.3, 0.4) is 0 Å². The molecule has 1 aliphatic carbocycles. The van der Waals surface area contributed by atoms with Crippen LogP contribution in [0.5, 0.6) is 0 Å². The standard InChI is InChI=1S/C13H18N2O3/c1-15(9-13(18)6-2-3-7-13)12(17)10-4-5-11(16)14-8-10/h4-5,8,18H,2-3,6-7,9H2,1H3,(H,14,16). The normalized spacial score (nSPS) is 17.7. The van der Waals surface area contributed by atoms with Crippen LogP contribution in [0.2, 0.25) is 0 Å². The van der Waals surface area contributed by atoms with Gasteiger partial charge in [-0.15, -0.1) is 0 Å². The SMILES string of the molecule is CN(CC1(O)CCCC1)C(=O)c1ccc(=O)[nH]c1. The minimum atomic E-state index is -0.743.